The second-order valence-electron chi connectivity index (χ2n) is 5.93. The lowest BCUT2D eigenvalue weighted by atomic mass is 9.82. The molecule has 0 aromatic heterocycles. The molecule has 1 aromatic rings. The quantitative estimate of drug-likeness (QED) is 0.454. The molecular weight excluding hydrogens is 283 g/mol. The number of carbonyl (C=O) groups is 2. The molecule has 20 heavy (non-hydrogen) atoms. The van der Waals surface area contributed by atoms with Gasteiger partial charge in [-0.05, 0) is 51.3 Å². The summed E-state index contributed by atoms with van der Waals surface area (Å²) in [4.78, 5) is 22.8. The molecule has 2 rings (SSSR count). The maximum absolute atomic E-state index is 13.3. The van der Waals surface area contributed by atoms with Crippen molar-refractivity contribution >= 4 is 23.4 Å². The SMILES string of the molecule is CC(C)(C)OC(=O)[C@@]1(Cl)CCc2ccc(F)cc2C1=O. The minimum atomic E-state index is -1.76. The molecule has 0 unspecified atom stereocenters. The molecule has 0 radical (unpaired) electrons. The summed E-state index contributed by atoms with van der Waals surface area (Å²) < 4.78 is 18.5. The van der Waals surface area contributed by atoms with E-state index in [4.69, 9.17) is 16.3 Å². The number of carbonyl (C=O) groups excluding carboxylic acids is 2. The van der Waals surface area contributed by atoms with Crippen LogP contribution in [0.3, 0.4) is 0 Å². The van der Waals surface area contributed by atoms with Gasteiger partial charge in [0.15, 0.2) is 5.78 Å². The number of alkyl halides is 1. The number of hydrogen-bond acceptors (Lipinski definition) is 3. The second kappa shape index (κ2) is 4.85. The third-order valence-electron chi connectivity index (χ3n) is 3.14. The van der Waals surface area contributed by atoms with Crippen LogP contribution in [0.5, 0.6) is 0 Å². The fourth-order valence-electron chi connectivity index (χ4n) is 2.17. The lowest BCUT2D eigenvalue weighted by molar-refractivity contribution is -0.156. The monoisotopic (exact) mass is 298 g/mol. The molecule has 1 atom stereocenters. The van der Waals surface area contributed by atoms with Crippen LogP contribution in [-0.2, 0) is 16.0 Å². The van der Waals surface area contributed by atoms with Gasteiger partial charge >= 0.3 is 5.97 Å². The Bertz CT molecular complexity index is 577. The van der Waals surface area contributed by atoms with Crippen LogP contribution in [0.25, 0.3) is 0 Å². The zero-order valence-electron chi connectivity index (χ0n) is 11.6. The van der Waals surface area contributed by atoms with Gasteiger partial charge in [-0.3, -0.25) is 4.79 Å². The molecule has 0 bridgehead atoms. The van der Waals surface area contributed by atoms with Gasteiger partial charge in [-0.2, -0.15) is 0 Å². The van der Waals surface area contributed by atoms with Crippen LogP contribution in [-0.4, -0.2) is 22.2 Å². The molecule has 5 heteroatoms. The number of hydrogen-bond donors (Lipinski definition) is 0. The molecule has 1 aliphatic rings. The van der Waals surface area contributed by atoms with Crippen molar-refractivity contribution in [1.82, 2.24) is 0 Å². The van der Waals surface area contributed by atoms with E-state index in [1.54, 1.807) is 26.8 Å². The zero-order chi connectivity index (χ0) is 15.1. The third-order valence-corrected chi connectivity index (χ3v) is 3.65. The highest BCUT2D eigenvalue weighted by molar-refractivity contribution is 6.48. The van der Waals surface area contributed by atoms with Crippen molar-refractivity contribution in [2.24, 2.45) is 0 Å². The fourth-order valence-corrected chi connectivity index (χ4v) is 2.40. The number of benzene rings is 1. The molecule has 0 amide bonds. The summed E-state index contributed by atoms with van der Waals surface area (Å²) in [5.74, 6) is -1.89. The smallest absolute Gasteiger partial charge is 0.335 e. The first-order valence-electron chi connectivity index (χ1n) is 6.39. The van der Waals surface area contributed by atoms with E-state index in [1.807, 2.05) is 0 Å². The van der Waals surface area contributed by atoms with Gasteiger partial charge in [0.1, 0.15) is 11.4 Å². The van der Waals surface area contributed by atoms with E-state index in [1.165, 1.54) is 6.07 Å². The van der Waals surface area contributed by atoms with Gasteiger partial charge in [-0.15, -0.1) is 0 Å². The normalized spacial score (nSPS) is 22.4. The van der Waals surface area contributed by atoms with E-state index in [0.29, 0.717) is 12.0 Å². The summed E-state index contributed by atoms with van der Waals surface area (Å²) in [5.41, 5.74) is 0.134. The van der Waals surface area contributed by atoms with Crippen molar-refractivity contribution < 1.29 is 18.7 Å². The molecular formula is C15H16ClFO3. The van der Waals surface area contributed by atoms with E-state index in [-0.39, 0.29) is 12.0 Å². The number of aryl methyl sites for hydroxylation is 1. The maximum atomic E-state index is 13.3. The Morgan fingerprint density at radius 1 is 1.40 bits per heavy atom. The minimum Gasteiger partial charge on any atom is -0.458 e. The first-order chi connectivity index (χ1) is 9.13. The maximum Gasteiger partial charge on any atom is 0.335 e. The Labute approximate surface area is 122 Å². The average Bonchev–Trinajstić information content (AvgIpc) is 2.32. The topological polar surface area (TPSA) is 43.4 Å². The molecule has 1 aliphatic carbocycles. The third kappa shape index (κ3) is 2.70. The number of ketones is 1. The Morgan fingerprint density at radius 3 is 2.65 bits per heavy atom. The van der Waals surface area contributed by atoms with Crippen LogP contribution < -0.4 is 0 Å². The van der Waals surface area contributed by atoms with Crippen LogP contribution in [0.2, 0.25) is 0 Å². The number of Topliss-reactive ketones (excluding diaryl/α,β-unsaturated/α-hetero) is 1. The molecule has 3 nitrogen and oxygen atoms in total. The van der Waals surface area contributed by atoms with E-state index in [9.17, 15) is 14.0 Å². The van der Waals surface area contributed by atoms with Gasteiger partial charge in [-0.1, -0.05) is 17.7 Å². The number of ether oxygens (including phenoxy) is 1. The molecule has 0 saturated heterocycles. The van der Waals surface area contributed by atoms with Crippen molar-refractivity contribution in [3.63, 3.8) is 0 Å². The molecule has 0 spiro atoms. The van der Waals surface area contributed by atoms with Crippen molar-refractivity contribution in [2.45, 2.75) is 44.1 Å². The van der Waals surface area contributed by atoms with Crippen molar-refractivity contribution in [3.05, 3.63) is 35.1 Å². The highest BCUT2D eigenvalue weighted by Gasteiger charge is 2.49. The Hall–Kier alpha value is -1.42. The number of rotatable bonds is 1. The first-order valence-corrected chi connectivity index (χ1v) is 6.77. The Balaban J connectivity index is 2.36. The van der Waals surface area contributed by atoms with E-state index in [0.717, 1.165) is 6.07 Å². The highest BCUT2D eigenvalue weighted by Crippen LogP contribution is 2.36. The first kappa shape index (κ1) is 15.0. The van der Waals surface area contributed by atoms with Gasteiger partial charge in [0.05, 0.1) is 0 Å². The standard InChI is InChI=1S/C15H16ClFO3/c1-14(2,3)20-13(19)15(16)7-6-9-4-5-10(17)8-11(9)12(15)18/h4-5,8H,6-7H2,1-3H3/t15-/m1/s1. The van der Waals surface area contributed by atoms with Crippen molar-refractivity contribution in [2.75, 3.05) is 0 Å². The number of fused-ring (bicyclic) bond motifs is 1. The summed E-state index contributed by atoms with van der Waals surface area (Å²) >= 11 is 6.22. The Kier molecular flexibility index (Phi) is 3.63. The number of esters is 1. The molecule has 0 saturated carbocycles. The summed E-state index contributed by atoms with van der Waals surface area (Å²) in [6.45, 7) is 5.10. The van der Waals surface area contributed by atoms with Gasteiger partial charge in [0.25, 0.3) is 0 Å². The largest absolute Gasteiger partial charge is 0.458 e. The second-order valence-corrected chi connectivity index (χ2v) is 6.58. The highest BCUT2D eigenvalue weighted by atomic mass is 35.5. The summed E-state index contributed by atoms with van der Waals surface area (Å²) in [7, 11) is 0. The van der Waals surface area contributed by atoms with Crippen LogP contribution in [0.4, 0.5) is 4.39 Å². The lowest BCUT2D eigenvalue weighted by Gasteiger charge is -2.32. The van der Waals surface area contributed by atoms with Gasteiger partial charge in [0, 0.05) is 5.56 Å². The van der Waals surface area contributed by atoms with E-state index < -0.39 is 28.0 Å². The molecule has 0 aliphatic heterocycles. The van der Waals surface area contributed by atoms with Crippen LogP contribution in [0, 0.1) is 5.82 Å². The average molecular weight is 299 g/mol. The van der Waals surface area contributed by atoms with Crippen LogP contribution >= 0.6 is 11.6 Å². The van der Waals surface area contributed by atoms with Crippen LogP contribution in [0.1, 0.15) is 43.1 Å². The summed E-state index contributed by atoms with van der Waals surface area (Å²) in [5, 5.41) is 0. The van der Waals surface area contributed by atoms with Crippen LogP contribution in [0.15, 0.2) is 18.2 Å². The number of halogens is 2. The minimum absolute atomic E-state index is 0.154. The molecule has 0 N–H and O–H groups in total. The van der Waals surface area contributed by atoms with Crippen molar-refractivity contribution in [1.29, 1.82) is 0 Å². The van der Waals surface area contributed by atoms with E-state index in [2.05, 4.69) is 0 Å². The lowest BCUT2D eigenvalue weighted by Crippen LogP contribution is -2.48. The van der Waals surface area contributed by atoms with Crippen molar-refractivity contribution in [3.8, 4) is 0 Å². The zero-order valence-corrected chi connectivity index (χ0v) is 12.4. The van der Waals surface area contributed by atoms with Gasteiger partial charge in [-0.25, -0.2) is 9.18 Å². The van der Waals surface area contributed by atoms with E-state index >= 15 is 0 Å². The molecule has 0 fully saturated rings. The summed E-state index contributed by atoms with van der Waals surface area (Å²) in [6, 6.07) is 3.97. The molecule has 108 valence electrons. The molecule has 1 aromatic carbocycles. The summed E-state index contributed by atoms with van der Waals surface area (Å²) in [6.07, 6.45) is 0.588. The molecule has 0 heterocycles. The Morgan fingerprint density at radius 2 is 2.05 bits per heavy atom. The predicted molar refractivity (Wildman–Crippen MR) is 73.5 cm³/mol. The van der Waals surface area contributed by atoms with Gasteiger partial charge < -0.3 is 4.74 Å². The van der Waals surface area contributed by atoms with Gasteiger partial charge in [0.2, 0.25) is 4.87 Å². The predicted octanol–water partition coefficient (Wildman–Crippen LogP) is 3.27. The fraction of sp³-hybridized carbons (Fsp3) is 0.467.